The minimum atomic E-state index is 0.410. The first-order valence-corrected chi connectivity index (χ1v) is 6.88. The SMILES string of the molecule is Cc1cc(Br)ccc1NCc1cnn(C(C)C)c1. The summed E-state index contributed by atoms with van der Waals surface area (Å²) in [7, 11) is 0. The third kappa shape index (κ3) is 3.13. The summed E-state index contributed by atoms with van der Waals surface area (Å²) in [6.45, 7) is 7.16. The fourth-order valence-corrected chi connectivity index (χ4v) is 2.25. The largest absolute Gasteiger partial charge is 0.381 e. The van der Waals surface area contributed by atoms with E-state index in [0.717, 1.165) is 16.7 Å². The van der Waals surface area contributed by atoms with Gasteiger partial charge in [0.2, 0.25) is 0 Å². The van der Waals surface area contributed by atoms with Gasteiger partial charge in [-0.15, -0.1) is 0 Å². The summed E-state index contributed by atoms with van der Waals surface area (Å²) < 4.78 is 3.09. The van der Waals surface area contributed by atoms with E-state index in [1.807, 2.05) is 16.9 Å². The van der Waals surface area contributed by atoms with E-state index >= 15 is 0 Å². The van der Waals surface area contributed by atoms with Crippen molar-refractivity contribution in [3.8, 4) is 0 Å². The summed E-state index contributed by atoms with van der Waals surface area (Å²) in [5.74, 6) is 0. The minimum absolute atomic E-state index is 0.410. The van der Waals surface area contributed by atoms with Gasteiger partial charge in [-0.1, -0.05) is 15.9 Å². The zero-order valence-electron chi connectivity index (χ0n) is 10.9. The molecule has 0 aliphatic rings. The molecule has 0 saturated carbocycles. The molecule has 0 atom stereocenters. The van der Waals surface area contributed by atoms with Crippen LogP contribution in [0.3, 0.4) is 0 Å². The highest BCUT2D eigenvalue weighted by molar-refractivity contribution is 9.10. The molecule has 1 heterocycles. The van der Waals surface area contributed by atoms with Crippen molar-refractivity contribution in [1.29, 1.82) is 0 Å². The summed E-state index contributed by atoms with van der Waals surface area (Å²) in [5, 5.41) is 7.77. The van der Waals surface area contributed by atoms with Crippen molar-refractivity contribution >= 4 is 21.6 Å². The lowest BCUT2D eigenvalue weighted by molar-refractivity contribution is 0.532. The highest BCUT2D eigenvalue weighted by Crippen LogP contribution is 2.20. The van der Waals surface area contributed by atoms with Gasteiger partial charge in [0, 0.05) is 34.5 Å². The standard InChI is InChI=1S/C14H18BrN3/c1-10(2)18-9-12(8-17-18)7-16-14-5-4-13(15)6-11(14)3/h4-6,8-10,16H,7H2,1-3H3. The number of hydrogen-bond acceptors (Lipinski definition) is 2. The maximum Gasteiger partial charge on any atom is 0.0539 e. The van der Waals surface area contributed by atoms with Crippen LogP contribution in [0.15, 0.2) is 35.1 Å². The van der Waals surface area contributed by atoms with Crippen LogP contribution < -0.4 is 5.32 Å². The first kappa shape index (κ1) is 13.1. The molecule has 0 radical (unpaired) electrons. The van der Waals surface area contributed by atoms with Gasteiger partial charge in [0.05, 0.1) is 6.20 Å². The predicted molar refractivity (Wildman–Crippen MR) is 78.8 cm³/mol. The summed E-state index contributed by atoms with van der Waals surface area (Å²) in [4.78, 5) is 0. The van der Waals surface area contributed by atoms with Gasteiger partial charge in [0.25, 0.3) is 0 Å². The molecule has 2 aromatic rings. The lowest BCUT2D eigenvalue weighted by Gasteiger charge is -2.08. The van der Waals surface area contributed by atoms with Crippen LogP contribution in [0.25, 0.3) is 0 Å². The lowest BCUT2D eigenvalue weighted by Crippen LogP contribution is -2.02. The van der Waals surface area contributed by atoms with Crippen molar-refractivity contribution in [2.24, 2.45) is 0 Å². The first-order chi connectivity index (χ1) is 8.56. The fraction of sp³-hybridized carbons (Fsp3) is 0.357. The van der Waals surface area contributed by atoms with Gasteiger partial charge in [0.1, 0.15) is 0 Å². The van der Waals surface area contributed by atoms with Crippen LogP contribution >= 0.6 is 15.9 Å². The Morgan fingerprint density at radius 1 is 1.39 bits per heavy atom. The second-order valence-corrected chi connectivity index (χ2v) is 5.65. The van der Waals surface area contributed by atoms with Gasteiger partial charge >= 0.3 is 0 Å². The molecule has 0 amide bonds. The van der Waals surface area contributed by atoms with Crippen LogP contribution in [-0.4, -0.2) is 9.78 Å². The molecule has 0 aliphatic heterocycles. The number of aryl methyl sites for hydroxylation is 1. The molecule has 18 heavy (non-hydrogen) atoms. The molecule has 1 aromatic carbocycles. The Morgan fingerprint density at radius 2 is 2.17 bits per heavy atom. The number of hydrogen-bond donors (Lipinski definition) is 1. The molecular weight excluding hydrogens is 290 g/mol. The molecule has 0 aliphatic carbocycles. The summed E-state index contributed by atoms with van der Waals surface area (Å²) >= 11 is 3.47. The quantitative estimate of drug-likeness (QED) is 0.919. The van der Waals surface area contributed by atoms with Crippen LogP contribution in [0.4, 0.5) is 5.69 Å². The molecule has 3 nitrogen and oxygen atoms in total. The van der Waals surface area contributed by atoms with E-state index in [9.17, 15) is 0 Å². The first-order valence-electron chi connectivity index (χ1n) is 6.09. The van der Waals surface area contributed by atoms with Crippen molar-refractivity contribution in [3.05, 3.63) is 46.2 Å². The van der Waals surface area contributed by atoms with E-state index in [4.69, 9.17) is 0 Å². The molecule has 1 N–H and O–H groups in total. The second kappa shape index (κ2) is 5.57. The second-order valence-electron chi connectivity index (χ2n) is 4.74. The van der Waals surface area contributed by atoms with E-state index in [1.54, 1.807) is 0 Å². The molecule has 0 saturated heterocycles. The van der Waals surface area contributed by atoms with E-state index < -0.39 is 0 Å². The lowest BCUT2D eigenvalue weighted by atomic mass is 10.2. The van der Waals surface area contributed by atoms with Crippen molar-refractivity contribution < 1.29 is 0 Å². The van der Waals surface area contributed by atoms with Gasteiger partial charge in [-0.25, -0.2) is 0 Å². The van der Waals surface area contributed by atoms with Gasteiger partial charge in [-0.05, 0) is 44.5 Å². The third-order valence-electron chi connectivity index (χ3n) is 2.86. The zero-order chi connectivity index (χ0) is 13.1. The van der Waals surface area contributed by atoms with Gasteiger partial charge in [-0.2, -0.15) is 5.10 Å². The maximum atomic E-state index is 4.33. The van der Waals surface area contributed by atoms with Crippen LogP contribution in [0.5, 0.6) is 0 Å². The maximum absolute atomic E-state index is 4.33. The molecule has 0 fully saturated rings. The number of halogens is 1. The van der Waals surface area contributed by atoms with Crippen molar-refractivity contribution in [2.75, 3.05) is 5.32 Å². The topological polar surface area (TPSA) is 29.9 Å². The normalized spacial score (nSPS) is 10.9. The van der Waals surface area contributed by atoms with Crippen LogP contribution in [0.2, 0.25) is 0 Å². The Balaban J connectivity index is 2.02. The fourth-order valence-electron chi connectivity index (χ4n) is 1.77. The molecule has 0 bridgehead atoms. The molecular formula is C14H18BrN3. The monoisotopic (exact) mass is 307 g/mol. The van der Waals surface area contributed by atoms with E-state index in [1.165, 1.54) is 11.1 Å². The average Bonchev–Trinajstić information content (AvgIpc) is 2.76. The average molecular weight is 308 g/mol. The Hall–Kier alpha value is -1.29. The number of aromatic nitrogens is 2. The molecule has 4 heteroatoms. The number of nitrogens with one attached hydrogen (secondary N) is 1. The Kier molecular flexibility index (Phi) is 4.07. The Bertz CT molecular complexity index is 532. The highest BCUT2D eigenvalue weighted by atomic mass is 79.9. The molecule has 96 valence electrons. The third-order valence-corrected chi connectivity index (χ3v) is 3.35. The molecule has 0 spiro atoms. The van der Waals surface area contributed by atoms with Gasteiger partial charge in [-0.3, -0.25) is 4.68 Å². The number of nitrogens with zero attached hydrogens (tertiary/aromatic N) is 2. The Morgan fingerprint density at radius 3 is 2.78 bits per heavy atom. The molecule has 1 aromatic heterocycles. The summed E-state index contributed by atoms with van der Waals surface area (Å²) in [6, 6.07) is 6.66. The van der Waals surface area contributed by atoms with E-state index in [-0.39, 0.29) is 0 Å². The van der Waals surface area contributed by atoms with Gasteiger partial charge < -0.3 is 5.32 Å². The molecule has 0 unspecified atom stereocenters. The zero-order valence-corrected chi connectivity index (χ0v) is 12.5. The van der Waals surface area contributed by atoms with Crippen LogP contribution in [0, 0.1) is 6.92 Å². The van der Waals surface area contributed by atoms with Crippen molar-refractivity contribution in [3.63, 3.8) is 0 Å². The van der Waals surface area contributed by atoms with Crippen LogP contribution in [0.1, 0.15) is 31.0 Å². The minimum Gasteiger partial charge on any atom is -0.381 e. The smallest absolute Gasteiger partial charge is 0.0539 e. The van der Waals surface area contributed by atoms with E-state index in [2.05, 4.69) is 65.4 Å². The predicted octanol–water partition coefficient (Wildman–Crippen LogP) is 4.15. The highest BCUT2D eigenvalue weighted by Gasteiger charge is 2.03. The number of rotatable bonds is 4. The van der Waals surface area contributed by atoms with Crippen LogP contribution in [-0.2, 0) is 6.54 Å². The summed E-state index contributed by atoms with van der Waals surface area (Å²) in [6.07, 6.45) is 4.01. The molecule has 2 rings (SSSR count). The number of anilines is 1. The van der Waals surface area contributed by atoms with Crippen molar-refractivity contribution in [1.82, 2.24) is 9.78 Å². The van der Waals surface area contributed by atoms with E-state index in [0.29, 0.717) is 6.04 Å². The van der Waals surface area contributed by atoms with Crippen molar-refractivity contribution in [2.45, 2.75) is 33.4 Å². The van der Waals surface area contributed by atoms with Gasteiger partial charge in [0.15, 0.2) is 0 Å². The number of benzene rings is 1. The summed E-state index contributed by atoms with van der Waals surface area (Å²) in [5.41, 5.74) is 3.60. The Labute approximate surface area is 116 Å².